The van der Waals surface area contributed by atoms with Crippen LogP contribution in [-0.2, 0) is 9.53 Å². The van der Waals surface area contributed by atoms with Crippen molar-refractivity contribution in [2.45, 2.75) is 18.9 Å². The number of rotatable bonds is 5. The topological polar surface area (TPSA) is 90.6 Å². The van der Waals surface area contributed by atoms with Crippen LogP contribution in [0.5, 0.6) is 0 Å². The zero-order valence-electron chi connectivity index (χ0n) is 15.3. The summed E-state index contributed by atoms with van der Waals surface area (Å²) in [4.78, 5) is 28.7. The summed E-state index contributed by atoms with van der Waals surface area (Å²) < 4.78 is 5.55. The molecule has 1 atom stereocenters. The third-order valence-corrected chi connectivity index (χ3v) is 5.26. The summed E-state index contributed by atoms with van der Waals surface area (Å²) in [5.74, 6) is -0.0126. The van der Waals surface area contributed by atoms with Gasteiger partial charge in [-0.05, 0) is 18.9 Å². The van der Waals surface area contributed by atoms with Gasteiger partial charge in [0.25, 0.3) is 5.91 Å². The summed E-state index contributed by atoms with van der Waals surface area (Å²) in [6.45, 7) is 4.01. The maximum absolute atomic E-state index is 12.8. The Morgan fingerprint density at radius 3 is 2.74 bits per heavy atom. The van der Waals surface area contributed by atoms with E-state index >= 15 is 0 Å². The van der Waals surface area contributed by atoms with Crippen molar-refractivity contribution in [1.29, 1.82) is 0 Å². The molecule has 1 aromatic heterocycles. The molecule has 2 aliphatic rings. The van der Waals surface area contributed by atoms with Crippen molar-refractivity contribution in [1.82, 2.24) is 25.3 Å². The maximum atomic E-state index is 12.8. The average Bonchev–Trinajstić information content (AvgIpc) is 3.37. The lowest BCUT2D eigenvalue weighted by Crippen LogP contribution is -2.52. The summed E-state index contributed by atoms with van der Waals surface area (Å²) in [6, 6.07) is 7.60. The SMILES string of the molecule is O=C(CNCC1CCCO1)N1CCN(C(=O)c2n[nH]c3ccccc23)CC1. The number of piperazine rings is 1. The average molecular weight is 371 g/mol. The van der Waals surface area contributed by atoms with Crippen LogP contribution in [0.25, 0.3) is 10.9 Å². The zero-order valence-corrected chi connectivity index (χ0v) is 15.3. The monoisotopic (exact) mass is 371 g/mol. The van der Waals surface area contributed by atoms with Crippen molar-refractivity contribution < 1.29 is 14.3 Å². The van der Waals surface area contributed by atoms with Crippen LogP contribution >= 0.6 is 0 Å². The summed E-state index contributed by atoms with van der Waals surface area (Å²) in [7, 11) is 0. The molecule has 4 rings (SSSR count). The van der Waals surface area contributed by atoms with Crippen LogP contribution in [0, 0.1) is 0 Å². The van der Waals surface area contributed by atoms with Crippen LogP contribution in [0.2, 0.25) is 0 Å². The quantitative estimate of drug-likeness (QED) is 0.804. The van der Waals surface area contributed by atoms with E-state index in [9.17, 15) is 9.59 Å². The molecule has 2 saturated heterocycles. The molecule has 27 heavy (non-hydrogen) atoms. The Morgan fingerprint density at radius 2 is 1.96 bits per heavy atom. The number of benzene rings is 1. The Kier molecular flexibility index (Phi) is 5.35. The van der Waals surface area contributed by atoms with Gasteiger partial charge in [0.05, 0.1) is 18.2 Å². The van der Waals surface area contributed by atoms with Crippen molar-refractivity contribution >= 4 is 22.7 Å². The number of carbonyl (C=O) groups is 2. The van der Waals surface area contributed by atoms with E-state index in [-0.39, 0.29) is 17.9 Å². The van der Waals surface area contributed by atoms with Crippen molar-refractivity contribution in [3.05, 3.63) is 30.0 Å². The molecule has 8 nitrogen and oxygen atoms in total. The Morgan fingerprint density at radius 1 is 1.19 bits per heavy atom. The first kappa shape index (κ1) is 17.9. The van der Waals surface area contributed by atoms with Gasteiger partial charge in [0.1, 0.15) is 0 Å². The van der Waals surface area contributed by atoms with Gasteiger partial charge in [-0.1, -0.05) is 18.2 Å². The smallest absolute Gasteiger partial charge is 0.275 e. The van der Waals surface area contributed by atoms with Gasteiger partial charge >= 0.3 is 0 Å². The van der Waals surface area contributed by atoms with E-state index in [1.54, 1.807) is 4.90 Å². The van der Waals surface area contributed by atoms with Gasteiger partial charge in [0.15, 0.2) is 5.69 Å². The lowest BCUT2D eigenvalue weighted by Gasteiger charge is -2.34. The van der Waals surface area contributed by atoms with Gasteiger partial charge in [0, 0.05) is 44.7 Å². The van der Waals surface area contributed by atoms with E-state index in [4.69, 9.17) is 4.74 Å². The summed E-state index contributed by atoms with van der Waals surface area (Å²) in [5.41, 5.74) is 1.30. The number of fused-ring (bicyclic) bond motifs is 1. The highest BCUT2D eigenvalue weighted by Crippen LogP contribution is 2.17. The van der Waals surface area contributed by atoms with E-state index in [2.05, 4.69) is 15.5 Å². The number of aromatic nitrogens is 2. The standard InChI is InChI=1S/C19H25N5O3/c25-17(13-20-12-14-4-3-11-27-14)23-7-9-24(10-8-23)19(26)18-15-5-1-2-6-16(15)21-22-18/h1-2,5-6,14,20H,3-4,7-13H2,(H,21,22). The van der Waals surface area contributed by atoms with E-state index in [1.807, 2.05) is 29.2 Å². The molecular formula is C19H25N5O3. The number of H-pyrrole nitrogens is 1. The molecule has 0 saturated carbocycles. The van der Waals surface area contributed by atoms with Crippen molar-refractivity contribution in [2.24, 2.45) is 0 Å². The van der Waals surface area contributed by atoms with Crippen molar-refractivity contribution in [3.63, 3.8) is 0 Å². The van der Waals surface area contributed by atoms with Crippen LogP contribution in [0.15, 0.2) is 24.3 Å². The fourth-order valence-electron chi connectivity index (χ4n) is 3.69. The number of nitrogens with zero attached hydrogens (tertiary/aromatic N) is 3. The molecule has 0 bridgehead atoms. The number of hydrogen-bond acceptors (Lipinski definition) is 5. The fourth-order valence-corrected chi connectivity index (χ4v) is 3.69. The van der Waals surface area contributed by atoms with Crippen LogP contribution in [0.3, 0.4) is 0 Å². The first-order chi connectivity index (χ1) is 13.2. The molecule has 0 aliphatic carbocycles. The highest BCUT2D eigenvalue weighted by Gasteiger charge is 2.27. The van der Waals surface area contributed by atoms with Gasteiger partial charge in [-0.2, -0.15) is 5.10 Å². The lowest BCUT2D eigenvalue weighted by atomic mass is 10.2. The maximum Gasteiger partial charge on any atom is 0.275 e. The number of hydrogen-bond donors (Lipinski definition) is 2. The molecule has 2 N–H and O–H groups in total. The number of aromatic amines is 1. The second-order valence-electron chi connectivity index (χ2n) is 7.06. The Balaban J connectivity index is 1.27. The van der Waals surface area contributed by atoms with Gasteiger partial charge in [0.2, 0.25) is 5.91 Å². The third kappa shape index (κ3) is 3.96. The molecule has 8 heteroatoms. The van der Waals surface area contributed by atoms with Crippen molar-refractivity contribution in [3.8, 4) is 0 Å². The number of nitrogens with one attached hydrogen (secondary N) is 2. The summed E-state index contributed by atoms with van der Waals surface area (Å²) >= 11 is 0. The third-order valence-electron chi connectivity index (χ3n) is 5.26. The largest absolute Gasteiger partial charge is 0.377 e. The van der Waals surface area contributed by atoms with E-state index in [1.165, 1.54) is 0 Å². The van der Waals surface area contributed by atoms with Crippen LogP contribution < -0.4 is 5.32 Å². The van der Waals surface area contributed by atoms with Gasteiger partial charge < -0.3 is 19.9 Å². The summed E-state index contributed by atoms with van der Waals surface area (Å²) in [5, 5.41) is 11.1. The number of amides is 2. The summed E-state index contributed by atoms with van der Waals surface area (Å²) in [6.07, 6.45) is 2.39. The Hall–Kier alpha value is -2.45. The molecule has 2 amide bonds. The molecule has 0 spiro atoms. The molecule has 2 aliphatic heterocycles. The molecule has 0 radical (unpaired) electrons. The zero-order chi connectivity index (χ0) is 18.6. The molecule has 3 heterocycles. The Bertz CT molecular complexity index is 807. The molecular weight excluding hydrogens is 346 g/mol. The first-order valence-corrected chi connectivity index (χ1v) is 9.55. The molecule has 2 aromatic rings. The van der Waals surface area contributed by atoms with Gasteiger partial charge in [-0.15, -0.1) is 0 Å². The molecule has 1 unspecified atom stereocenters. The molecule has 2 fully saturated rings. The predicted molar refractivity (Wildman–Crippen MR) is 100 cm³/mol. The first-order valence-electron chi connectivity index (χ1n) is 9.55. The lowest BCUT2D eigenvalue weighted by molar-refractivity contribution is -0.131. The molecule has 1 aromatic carbocycles. The van der Waals surface area contributed by atoms with Crippen LogP contribution in [0.1, 0.15) is 23.3 Å². The minimum Gasteiger partial charge on any atom is -0.377 e. The van der Waals surface area contributed by atoms with Gasteiger partial charge in [-0.25, -0.2) is 0 Å². The Labute approximate surface area is 157 Å². The number of carbonyl (C=O) groups excluding carboxylic acids is 2. The predicted octanol–water partition coefficient (Wildman–Crippen LogP) is 0.616. The second kappa shape index (κ2) is 8.06. The number of para-hydroxylation sites is 1. The normalized spacial score (nSPS) is 20.4. The van der Waals surface area contributed by atoms with E-state index < -0.39 is 0 Å². The van der Waals surface area contributed by atoms with Crippen molar-refractivity contribution in [2.75, 3.05) is 45.9 Å². The van der Waals surface area contributed by atoms with Gasteiger partial charge in [-0.3, -0.25) is 14.7 Å². The van der Waals surface area contributed by atoms with E-state index in [0.29, 0.717) is 38.4 Å². The minimum atomic E-state index is -0.0870. The molecule has 144 valence electrons. The fraction of sp³-hybridized carbons (Fsp3) is 0.526. The minimum absolute atomic E-state index is 0.0744. The van der Waals surface area contributed by atoms with E-state index in [0.717, 1.165) is 36.9 Å². The second-order valence-corrected chi connectivity index (χ2v) is 7.06. The van der Waals surface area contributed by atoms with Crippen LogP contribution in [0.4, 0.5) is 0 Å². The highest BCUT2D eigenvalue weighted by molar-refractivity contribution is 6.04. The highest BCUT2D eigenvalue weighted by atomic mass is 16.5. The van der Waals surface area contributed by atoms with Crippen LogP contribution in [-0.4, -0.2) is 83.8 Å². The number of ether oxygens (including phenoxy) is 1.